The first-order valence-corrected chi connectivity index (χ1v) is 5.94. The van der Waals surface area contributed by atoms with Crippen LogP contribution in [0.5, 0.6) is 0 Å². The van der Waals surface area contributed by atoms with E-state index in [9.17, 15) is 4.79 Å². The second-order valence-corrected chi connectivity index (χ2v) is 4.83. The van der Waals surface area contributed by atoms with Crippen molar-refractivity contribution in [3.05, 3.63) is 35.9 Å². The van der Waals surface area contributed by atoms with Crippen LogP contribution in [0.4, 0.5) is 0 Å². The summed E-state index contributed by atoms with van der Waals surface area (Å²) in [5.41, 5.74) is 0.597. The molecule has 0 atom stereocenters. The van der Waals surface area contributed by atoms with Crippen molar-refractivity contribution in [1.82, 2.24) is 4.90 Å². The van der Waals surface area contributed by atoms with Gasteiger partial charge in [-0.1, -0.05) is 43.2 Å². The third-order valence-electron chi connectivity index (χ3n) is 3.75. The molecule has 1 aromatic rings. The van der Waals surface area contributed by atoms with Gasteiger partial charge in [-0.05, 0) is 26.9 Å². The van der Waals surface area contributed by atoms with Crippen LogP contribution in [0.25, 0.3) is 0 Å². The summed E-state index contributed by atoms with van der Waals surface area (Å²) in [6.07, 6.45) is 4.31. The number of hydrogen-bond acceptors (Lipinski definition) is 2. The van der Waals surface area contributed by atoms with Gasteiger partial charge in [0.2, 0.25) is 0 Å². The molecule has 0 spiro atoms. The van der Waals surface area contributed by atoms with Crippen molar-refractivity contribution >= 4 is 5.78 Å². The highest BCUT2D eigenvalue weighted by molar-refractivity contribution is 6.03. The van der Waals surface area contributed by atoms with E-state index in [2.05, 4.69) is 4.90 Å². The molecule has 0 amide bonds. The standard InChI is InChI=1S/C14H19NO/c1-15(2)14(10-6-7-11-14)13(16)12-8-4-3-5-9-12/h3-5,8-9H,6-7,10-11H2,1-2H3. The van der Waals surface area contributed by atoms with Crippen molar-refractivity contribution < 1.29 is 4.79 Å². The molecule has 1 aliphatic carbocycles. The van der Waals surface area contributed by atoms with E-state index in [1.807, 2.05) is 44.4 Å². The van der Waals surface area contributed by atoms with Crippen LogP contribution in [0.3, 0.4) is 0 Å². The van der Waals surface area contributed by atoms with Gasteiger partial charge >= 0.3 is 0 Å². The molecule has 86 valence electrons. The molecule has 0 aliphatic heterocycles. The summed E-state index contributed by atoms with van der Waals surface area (Å²) in [5, 5.41) is 0. The fourth-order valence-corrected chi connectivity index (χ4v) is 2.70. The maximum Gasteiger partial charge on any atom is 0.183 e. The van der Waals surface area contributed by atoms with Crippen LogP contribution in [0.1, 0.15) is 36.0 Å². The number of nitrogens with zero attached hydrogens (tertiary/aromatic N) is 1. The Kier molecular flexibility index (Phi) is 3.10. The van der Waals surface area contributed by atoms with Gasteiger partial charge in [-0.25, -0.2) is 0 Å². The Morgan fingerprint density at radius 3 is 2.19 bits per heavy atom. The molecule has 2 heteroatoms. The van der Waals surface area contributed by atoms with Crippen LogP contribution in [-0.2, 0) is 0 Å². The van der Waals surface area contributed by atoms with Gasteiger partial charge in [-0.3, -0.25) is 9.69 Å². The van der Waals surface area contributed by atoms with Gasteiger partial charge in [0, 0.05) is 5.56 Å². The predicted molar refractivity (Wildman–Crippen MR) is 65.7 cm³/mol. The van der Waals surface area contributed by atoms with E-state index in [0.29, 0.717) is 0 Å². The normalized spacial score (nSPS) is 18.9. The molecule has 0 heterocycles. The van der Waals surface area contributed by atoms with E-state index in [1.165, 1.54) is 0 Å². The third-order valence-corrected chi connectivity index (χ3v) is 3.75. The highest BCUT2D eigenvalue weighted by atomic mass is 16.1. The topological polar surface area (TPSA) is 20.3 Å². The molecule has 1 aliphatic rings. The monoisotopic (exact) mass is 217 g/mol. The number of carbonyl (C=O) groups is 1. The lowest BCUT2D eigenvalue weighted by atomic mass is 9.86. The Balaban J connectivity index is 2.32. The van der Waals surface area contributed by atoms with Gasteiger partial charge in [-0.2, -0.15) is 0 Å². The third kappa shape index (κ3) is 1.78. The number of benzene rings is 1. The highest BCUT2D eigenvalue weighted by Crippen LogP contribution is 2.36. The Labute approximate surface area is 97.3 Å². The van der Waals surface area contributed by atoms with E-state index in [4.69, 9.17) is 0 Å². The van der Waals surface area contributed by atoms with Crippen molar-refractivity contribution in [3.8, 4) is 0 Å². The molecular formula is C14H19NO. The van der Waals surface area contributed by atoms with E-state index in [-0.39, 0.29) is 11.3 Å². The molecule has 0 N–H and O–H groups in total. The van der Waals surface area contributed by atoms with Gasteiger partial charge in [0.15, 0.2) is 5.78 Å². The smallest absolute Gasteiger partial charge is 0.183 e. The molecule has 0 bridgehead atoms. The number of hydrogen-bond donors (Lipinski definition) is 0. The van der Waals surface area contributed by atoms with Crippen LogP contribution >= 0.6 is 0 Å². The van der Waals surface area contributed by atoms with Gasteiger partial charge in [0.25, 0.3) is 0 Å². The van der Waals surface area contributed by atoms with E-state index < -0.39 is 0 Å². The van der Waals surface area contributed by atoms with Crippen LogP contribution < -0.4 is 0 Å². The molecule has 1 aromatic carbocycles. The number of rotatable bonds is 3. The van der Waals surface area contributed by atoms with Crippen molar-refractivity contribution in [1.29, 1.82) is 0 Å². The van der Waals surface area contributed by atoms with Gasteiger partial charge in [0.1, 0.15) is 0 Å². The Bertz CT molecular complexity index is 364. The largest absolute Gasteiger partial charge is 0.297 e. The lowest BCUT2D eigenvalue weighted by Crippen LogP contribution is -2.48. The molecular weight excluding hydrogens is 198 g/mol. The second kappa shape index (κ2) is 4.38. The predicted octanol–water partition coefficient (Wildman–Crippen LogP) is 2.74. The summed E-state index contributed by atoms with van der Waals surface area (Å²) >= 11 is 0. The minimum absolute atomic E-state index is 0.249. The number of Topliss-reactive ketones (excluding diaryl/α,β-unsaturated/α-hetero) is 1. The minimum atomic E-state index is -0.249. The molecule has 0 radical (unpaired) electrons. The van der Waals surface area contributed by atoms with Gasteiger partial charge < -0.3 is 0 Å². The highest BCUT2D eigenvalue weighted by Gasteiger charge is 2.43. The summed E-state index contributed by atoms with van der Waals surface area (Å²) < 4.78 is 0. The molecule has 0 aromatic heterocycles. The summed E-state index contributed by atoms with van der Waals surface area (Å²) in [7, 11) is 4.04. The first kappa shape index (κ1) is 11.3. The number of likely N-dealkylation sites (N-methyl/N-ethyl adjacent to an activating group) is 1. The summed E-state index contributed by atoms with van der Waals surface area (Å²) in [4.78, 5) is 14.7. The Hall–Kier alpha value is -1.15. The first-order valence-electron chi connectivity index (χ1n) is 5.94. The first-order chi connectivity index (χ1) is 7.67. The molecule has 16 heavy (non-hydrogen) atoms. The van der Waals surface area contributed by atoms with E-state index in [0.717, 1.165) is 31.2 Å². The summed E-state index contributed by atoms with van der Waals surface area (Å²) in [6, 6.07) is 9.67. The van der Waals surface area contributed by atoms with Crippen molar-refractivity contribution in [3.63, 3.8) is 0 Å². The van der Waals surface area contributed by atoms with Crippen LogP contribution in [0.2, 0.25) is 0 Å². The maximum absolute atomic E-state index is 12.6. The zero-order valence-electron chi connectivity index (χ0n) is 10.1. The second-order valence-electron chi connectivity index (χ2n) is 4.83. The molecule has 0 saturated heterocycles. The molecule has 0 unspecified atom stereocenters. The maximum atomic E-state index is 12.6. The molecule has 2 nitrogen and oxygen atoms in total. The average molecular weight is 217 g/mol. The summed E-state index contributed by atoms with van der Waals surface area (Å²) in [5.74, 6) is 0.288. The zero-order valence-corrected chi connectivity index (χ0v) is 10.1. The fraction of sp³-hybridized carbons (Fsp3) is 0.500. The van der Waals surface area contributed by atoms with Crippen molar-refractivity contribution in [2.75, 3.05) is 14.1 Å². The van der Waals surface area contributed by atoms with E-state index >= 15 is 0 Å². The zero-order chi connectivity index (χ0) is 11.6. The number of carbonyl (C=O) groups excluding carboxylic acids is 1. The van der Waals surface area contributed by atoms with Crippen LogP contribution in [0, 0.1) is 0 Å². The Morgan fingerprint density at radius 2 is 1.69 bits per heavy atom. The van der Waals surface area contributed by atoms with Gasteiger partial charge in [0.05, 0.1) is 5.54 Å². The molecule has 2 rings (SSSR count). The Morgan fingerprint density at radius 1 is 1.12 bits per heavy atom. The quantitative estimate of drug-likeness (QED) is 0.726. The SMILES string of the molecule is CN(C)C1(C(=O)c2ccccc2)CCCC1. The van der Waals surface area contributed by atoms with Crippen molar-refractivity contribution in [2.45, 2.75) is 31.2 Å². The summed E-state index contributed by atoms with van der Waals surface area (Å²) in [6.45, 7) is 0. The van der Waals surface area contributed by atoms with Gasteiger partial charge in [-0.15, -0.1) is 0 Å². The number of ketones is 1. The molecule has 1 fully saturated rings. The lowest BCUT2D eigenvalue weighted by molar-refractivity contribution is 0.0693. The fourth-order valence-electron chi connectivity index (χ4n) is 2.70. The molecule has 1 saturated carbocycles. The van der Waals surface area contributed by atoms with Crippen LogP contribution in [0.15, 0.2) is 30.3 Å². The lowest BCUT2D eigenvalue weighted by Gasteiger charge is -2.34. The van der Waals surface area contributed by atoms with Crippen LogP contribution in [-0.4, -0.2) is 30.3 Å². The van der Waals surface area contributed by atoms with Crippen molar-refractivity contribution in [2.24, 2.45) is 0 Å². The average Bonchev–Trinajstić information content (AvgIpc) is 2.79. The van der Waals surface area contributed by atoms with E-state index in [1.54, 1.807) is 0 Å². The minimum Gasteiger partial charge on any atom is -0.297 e.